The van der Waals surface area contributed by atoms with Crippen molar-refractivity contribution >= 4 is 66.5 Å². The van der Waals surface area contributed by atoms with Crippen LogP contribution >= 0.6 is 22.7 Å². The summed E-state index contributed by atoms with van der Waals surface area (Å²) >= 11 is 2.24. The Bertz CT molecular complexity index is 1730. The van der Waals surface area contributed by atoms with Crippen molar-refractivity contribution in [3.8, 4) is 23.1 Å². The van der Waals surface area contributed by atoms with E-state index in [0.717, 1.165) is 11.3 Å². The smallest absolute Gasteiger partial charge is 0.306 e. The lowest BCUT2D eigenvalue weighted by atomic mass is 10.0. The van der Waals surface area contributed by atoms with E-state index in [2.05, 4.69) is 4.98 Å². The van der Waals surface area contributed by atoms with Gasteiger partial charge in [-0.05, 0) is 12.1 Å². The molecule has 44 heavy (non-hydrogen) atoms. The van der Waals surface area contributed by atoms with Crippen LogP contribution < -0.4 is 18.9 Å². The molecule has 234 valence electrons. The first-order valence-corrected chi connectivity index (χ1v) is 15.1. The molecule has 11 nitrogen and oxygen atoms in total. The second-order valence-electron chi connectivity index (χ2n) is 10.0. The Morgan fingerprint density at radius 2 is 1.36 bits per heavy atom. The Morgan fingerprint density at radius 3 is 1.95 bits per heavy atom. The molecule has 0 saturated carbocycles. The maximum atomic E-state index is 15.5. The van der Waals surface area contributed by atoms with E-state index >= 15 is 4.39 Å². The van der Waals surface area contributed by atoms with Crippen molar-refractivity contribution in [2.75, 3.05) is 27.4 Å². The third-order valence-electron chi connectivity index (χ3n) is 6.71. The van der Waals surface area contributed by atoms with Crippen LogP contribution in [0.3, 0.4) is 0 Å². The molecule has 3 heterocycles. The van der Waals surface area contributed by atoms with E-state index in [0.29, 0.717) is 32.0 Å². The third kappa shape index (κ3) is 7.25. The second kappa shape index (κ2) is 14.0. The lowest BCUT2D eigenvalue weighted by Gasteiger charge is -2.13. The number of rotatable bonds is 16. The Kier molecular flexibility index (Phi) is 10.4. The lowest BCUT2D eigenvalue weighted by Crippen LogP contribution is -2.13. The van der Waals surface area contributed by atoms with Crippen LogP contribution in [0.1, 0.15) is 52.5 Å². The van der Waals surface area contributed by atoms with Crippen LogP contribution in [0.5, 0.6) is 23.1 Å². The van der Waals surface area contributed by atoms with Crippen molar-refractivity contribution in [2.45, 2.75) is 33.1 Å². The molecule has 3 aromatic heterocycles. The number of hydrogen-bond acceptors (Lipinski definition) is 11. The fourth-order valence-electron chi connectivity index (χ4n) is 4.18. The number of carbonyl (C=O) groups is 4. The molecule has 2 unspecified atom stereocenters. The summed E-state index contributed by atoms with van der Waals surface area (Å²) < 4.78 is 38.8. The number of pyridine rings is 1. The minimum Gasteiger partial charge on any atom is -0.493 e. The Hall–Kier alpha value is -4.30. The molecule has 0 aliphatic carbocycles. The standard InChI is InChI=1S/C30H30FNO10S2/c1-14(29(35)36)8-18(33)24-10-16-22(43-24)12-20(39-3)27(26(16)31)41-6-5-7-42-28-21(40-4)13-23-17(32-28)11-25(44-23)19(34)9-15(2)30(37)38/h10-15H,5-9H2,1-4H3,(H,35,36)(H,37,38). The van der Waals surface area contributed by atoms with E-state index in [-0.39, 0.29) is 65.3 Å². The SMILES string of the molecule is COc1cc2sc(C(=O)CC(C)C(=O)O)cc2nc1OCCCOc1c(OC)cc2sc(C(=O)CC(C)C(=O)O)cc2c1F. The van der Waals surface area contributed by atoms with E-state index in [1.54, 1.807) is 18.2 Å². The van der Waals surface area contributed by atoms with Crippen molar-refractivity contribution in [3.63, 3.8) is 0 Å². The molecule has 0 bridgehead atoms. The number of nitrogens with zero attached hydrogens (tertiary/aromatic N) is 1. The van der Waals surface area contributed by atoms with E-state index in [9.17, 15) is 19.2 Å². The summed E-state index contributed by atoms with van der Waals surface area (Å²) in [6.07, 6.45) is -0.00224. The Balaban J connectivity index is 1.41. The quantitative estimate of drug-likeness (QED) is 0.107. The van der Waals surface area contributed by atoms with Gasteiger partial charge in [0.15, 0.2) is 34.6 Å². The summed E-state index contributed by atoms with van der Waals surface area (Å²) in [6.45, 7) is 3.09. The highest BCUT2D eigenvalue weighted by Crippen LogP contribution is 2.40. The molecule has 0 saturated heterocycles. The van der Waals surface area contributed by atoms with Gasteiger partial charge in [0.2, 0.25) is 0 Å². The summed E-state index contributed by atoms with van der Waals surface area (Å²) in [5, 5.41) is 18.4. The number of halogens is 1. The predicted molar refractivity (Wildman–Crippen MR) is 162 cm³/mol. The normalized spacial score (nSPS) is 12.6. The van der Waals surface area contributed by atoms with Crippen LogP contribution in [0.4, 0.5) is 4.39 Å². The molecule has 14 heteroatoms. The number of aliphatic carboxylic acids is 2. The molecule has 0 spiro atoms. The number of carboxylic acids is 2. The van der Waals surface area contributed by atoms with Crippen molar-refractivity contribution in [2.24, 2.45) is 11.8 Å². The number of thiophene rings is 2. The number of carbonyl (C=O) groups excluding carboxylic acids is 2. The van der Waals surface area contributed by atoms with Crippen LogP contribution in [0.25, 0.3) is 20.3 Å². The van der Waals surface area contributed by atoms with E-state index in [1.807, 2.05) is 0 Å². The lowest BCUT2D eigenvalue weighted by molar-refractivity contribution is -0.141. The summed E-state index contributed by atoms with van der Waals surface area (Å²) in [6, 6.07) is 6.24. The summed E-state index contributed by atoms with van der Waals surface area (Å²) in [7, 11) is 2.82. The number of aromatic nitrogens is 1. The summed E-state index contributed by atoms with van der Waals surface area (Å²) in [4.78, 5) is 52.4. The first kappa shape index (κ1) is 32.6. The van der Waals surface area contributed by atoms with Crippen molar-refractivity contribution in [1.82, 2.24) is 4.98 Å². The minimum atomic E-state index is -1.08. The Labute approximate surface area is 259 Å². The number of benzene rings is 1. The Morgan fingerprint density at radius 1 is 0.818 bits per heavy atom. The summed E-state index contributed by atoms with van der Waals surface area (Å²) in [5.41, 5.74) is 0.500. The number of methoxy groups -OCH3 is 2. The van der Waals surface area contributed by atoms with Gasteiger partial charge in [0.1, 0.15) is 0 Å². The van der Waals surface area contributed by atoms with Crippen LogP contribution in [0.2, 0.25) is 0 Å². The van der Waals surface area contributed by atoms with Gasteiger partial charge in [-0.25, -0.2) is 9.37 Å². The molecule has 0 aliphatic rings. The fourth-order valence-corrected chi connectivity index (χ4v) is 6.19. The predicted octanol–water partition coefficient (Wildman–Crippen LogP) is 6.10. The largest absolute Gasteiger partial charge is 0.493 e. The molecule has 0 aliphatic heterocycles. The number of carboxylic acid groups (broad SMARTS) is 2. The first-order valence-electron chi connectivity index (χ1n) is 13.5. The highest BCUT2D eigenvalue weighted by Gasteiger charge is 2.23. The van der Waals surface area contributed by atoms with Crippen LogP contribution in [-0.4, -0.2) is 66.1 Å². The number of Topliss-reactive ketones (excluding diaryl/α,β-unsaturated/α-hetero) is 2. The fraction of sp³-hybridized carbons (Fsp3) is 0.367. The molecule has 2 atom stereocenters. The highest BCUT2D eigenvalue weighted by molar-refractivity contribution is 7.21. The molecule has 4 rings (SSSR count). The van der Waals surface area contributed by atoms with E-state index in [4.69, 9.17) is 29.2 Å². The van der Waals surface area contributed by atoms with Crippen molar-refractivity contribution in [1.29, 1.82) is 0 Å². The van der Waals surface area contributed by atoms with E-state index < -0.39 is 29.6 Å². The van der Waals surface area contributed by atoms with Crippen LogP contribution in [0.15, 0.2) is 24.3 Å². The van der Waals surface area contributed by atoms with Crippen molar-refractivity contribution in [3.05, 3.63) is 39.8 Å². The molecule has 0 radical (unpaired) electrons. The average Bonchev–Trinajstić information content (AvgIpc) is 3.61. The van der Waals surface area contributed by atoms with Gasteiger partial charge in [-0.1, -0.05) is 13.8 Å². The van der Waals surface area contributed by atoms with Gasteiger partial charge < -0.3 is 29.2 Å². The van der Waals surface area contributed by atoms with Gasteiger partial charge in [-0.2, -0.15) is 0 Å². The van der Waals surface area contributed by atoms with Gasteiger partial charge in [-0.15, -0.1) is 22.7 Å². The van der Waals surface area contributed by atoms with Gasteiger partial charge in [0, 0.05) is 41.5 Å². The van der Waals surface area contributed by atoms with Gasteiger partial charge in [-0.3, -0.25) is 19.2 Å². The molecular weight excluding hydrogens is 617 g/mol. The van der Waals surface area contributed by atoms with E-state index in [1.165, 1.54) is 45.5 Å². The molecule has 4 aromatic rings. The van der Waals surface area contributed by atoms with Crippen LogP contribution in [0, 0.1) is 17.7 Å². The molecule has 0 amide bonds. The monoisotopic (exact) mass is 647 g/mol. The summed E-state index contributed by atoms with van der Waals surface area (Å²) in [5.74, 6) is -4.63. The maximum Gasteiger partial charge on any atom is 0.306 e. The minimum absolute atomic E-state index is 0.0499. The number of ketones is 2. The highest BCUT2D eigenvalue weighted by atomic mass is 32.1. The zero-order valence-electron chi connectivity index (χ0n) is 24.3. The molecule has 0 fully saturated rings. The maximum absolute atomic E-state index is 15.5. The molecular formula is C30H30FNO10S2. The van der Waals surface area contributed by atoms with Crippen LogP contribution in [-0.2, 0) is 9.59 Å². The third-order valence-corrected chi connectivity index (χ3v) is 8.94. The zero-order chi connectivity index (χ0) is 32.1. The topological polar surface area (TPSA) is 159 Å². The first-order chi connectivity index (χ1) is 20.9. The average molecular weight is 648 g/mol. The zero-order valence-corrected chi connectivity index (χ0v) is 25.9. The van der Waals surface area contributed by atoms with Gasteiger partial charge in [0.25, 0.3) is 5.88 Å². The number of fused-ring (bicyclic) bond motifs is 2. The molecule has 2 N–H and O–H groups in total. The number of ether oxygens (including phenoxy) is 4. The van der Waals surface area contributed by atoms with Gasteiger partial charge >= 0.3 is 11.9 Å². The molecule has 1 aromatic carbocycles. The number of hydrogen-bond donors (Lipinski definition) is 2. The second-order valence-corrected chi connectivity index (χ2v) is 12.2. The van der Waals surface area contributed by atoms with Gasteiger partial charge in [0.05, 0.1) is 59.2 Å². The van der Waals surface area contributed by atoms with Crippen molar-refractivity contribution < 1.29 is 52.7 Å².